The van der Waals surface area contributed by atoms with Gasteiger partial charge in [0.05, 0.1) is 18.9 Å². The maximum atomic E-state index is 12.2. The molecule has 0 saturated heterocycles. The molecule has 1 amide bonds. The van der Waals surface area contributed by atoms with Gasteiger partial charge in [0.15, 0.2) is 0 Å². The summed E-state index contributed by atoms with van der Waals surface area (Å²) in [4.78, 5) is 13.6. The van der Waals surface area contributed by atoms with Crippen molar-refractivity contribution in [1.29, 1.82) is 5.26 Å². The van der Waals surface area contributed by atoms with Crippen molar-refractivity contribution in [3.8, 4) is 6.07 Å². The first-order valence-corrected chi connectivity index (χ1v) is 6.10. The second-order valence-electron chi connectivity index (χ2n) is 5.82. The summed E-state index contributed by atoms with van der Waals surface area (Å²) in [5.41, 5.74) is -1.58. The Hall–Kier alpha value is -1.96. The van der Waals surface area contributed by atoms with Gasteiger partial charge in [0, 0.05) is 0 Å². The van der Waals surface area contributed by atoms with Gasteiger partial charge in [-0.05, 0) is 46.8 Å². The van der Waals surface area contributed by atoms with Crippen molar-refractivity contribution in [2.75, 3.05) is 0 Å². The van der Waals surface area contributed by atoms with Crippen molar-refractivity contribution >= 4 is 6.09 Å². The SMILES string of the molecule is CC(C)(C)OC(=O)N(Cc1ccco1)C(C)(C)C#N. The van der Waals surface area contributed by atoms with Crippen molar-refractivity contribution in [2.45, 2.75) is 52.3 Å². The zero-order chi connectivity index (χ0) is 14.7. The maximum absolute atomic E-state index is 12.2. The maximum Gasteiger partial charge on any atom is 0.411 e. The van der Waals surface area contributed by atoms with Crippen LogP contribution in [0, 0.1) is 11.3 Å². The molecule has 0 N–H and O–H groups in total. The van der Waals surface area contributed by atoms with Gasteiger partial charge in [0.2, 0.25) is 0 Å². The third kappa shape index (κ3) is 4.32. The second-order valence-corrected chi connectivity index (χ2v) is 5.82. The van der Waals surface area contributed by atoms with Gasteiger partial charge in [0.25, 0.3) is 0 Å². The van der Waals surface area contributed by atoms with Crippen LogP contribution in [0.25, 0.3) is 0 Å². The molecule has 5 nitrogen and oxygen atoms in total. The van der Waals surface area contributed by atoms with Crippen molar-refractivity contribution in [3.63, 3.8) is 0 Å². The van der Waals surface area contributed by atoms with Crippen LogP contribution in [0.2, 0.25) is 0 Å². The van der Waals surface area contributed by atoms with Gasteiger partial charge in [-0.15, -0.1) is 0 Å². The summed E-state index contributed by atoms with van der Waals surface area (Å²) >= 11 is 0. The molecule has 0 aliphatic heterocycles. The normalized spacial score (nSPS) is 11.8. The van der Waals surface area contributed by atoms with Gasteiger partial charge in [-0.2, -0.15) is 5.26 Å². The van der Waals surface area contributed by atoms with Crippen LogP contribution in [0.3, 0.4) is 0 Å². The molecule has 104 valence electrons. The van der Waals surface area contributed by atoms with E-state index in [4.69, 9.17) is 9.15 Å². The van der Waals surface area contributed by atoms with Crippen LogP contribution >= 0.6 is 0 Å². The first-order chi connectivity index (χ1) is 8.65. The Balaban J connectivity index is 2.94. The molecular weight excluding hydrogens is 244 g/mol. The van der Waals surface area contributed by atoms with Crippen LogP contribution in [0.5, 0.6) is 0 Å². The molecule has 0 atom stereocenters. The van der Waals surface area contributed by atoms with E-state index >= 15 is 0 Å². The number of rotatable bonds is 3. The minimum Gasteiger partial charge on any atom is -0.467 e. The Morgan fingerprint density at radius 3 is 2.47 bits per heavy atom. The Bertz CT molecular complexity index is 464. The molecule has 0 saturated carbocycles. The van der Waals surface area contributed by atoms with Crippen LogP contribution in [-0.2, 0) is 11.3 Å². The standard InChI is InChI=1S/C14H20N2O3/c1-13(2,3)19-12(17)16(14(4,5)10-15)9-11-7-6-8-18-11/h6-8H,9H2,1-5H3. The van der Waals surface area contributed by atoms with E-state index in [2.05, 4.69) is 6.07 Å². The first-order valence-electron chi connectivity index (χ1n) is 6.10. The lowest BCUT2D eigenvalue weighted by Crippen LogP contribution is -2.48. The minimum absolute atomic E-state index is 0.197. The highest BCUT2D eigenvalue weighted by Gasteiger charge is 2.34. The molecule has 0 aromatic carbocycles. The van der Waals surface area contributed by atoms with Gasteiger partial charge in [0.1, 0.15) is 16.9 Å². The summed E-state index contributed by atoms with van der Waals surface area (Å²) in [6, 6.07) is 5.60. The van der Waals surface area contributed by atoms with Crippen molar-refractivity contribution in [2.24, 2.45) is 0 Å². The van der Waals surface area contributed by atoms with E-state index in [1.807, 2.05) is 0 Å². The molecule has 19 heavy (non-hydrogen) atoms. The summed E-state index contributed by atoms with van der Waals surface area (Å²) in [6.07, 6.45) is 0.998. The molecule has 1 aromatic heterocycles. The van der Waals surface area contributed by atoms with Crippen molar-refractivity contribution in [3.05, 3.63) is 24.2 Å². The van der Waals surface area contributed by atoms with E-state index in [1.165, 1.54) is 11.2 Å². The number of amides is 1. The number of hydrogen-bond acceptors (Lipinski definition) is 4. The fourth-order valence-electron chi connectivity index (χ4n) is 1.43. The molecule has 1 heterocycles. The number of hydrogen-bond donors (Lipinski definition) is 0. The smallest absolute Gasteiger partial charge is 0.411 e. The average molecular weight is 264 g/mol. The Kier molecular flexibility index (Phi) is 4.25. The fraction of sp³-hybridized carbons (Fsp3) is 0.571. The molecule has 0 aliphatic rings. The van der Waals surface area contributed by atoms with E-state index in [1.54, 1.807) is 46.8 Å². The lowest BCUT2D eigenvalue weighted by Gasteiger charge is -2.34. The predicted octanol–water partition coefficient (Wildman–Crippen LogP) is 3.32. The predicted molar refractivity (Wildman–Crippen MR) is 70.2 cm³/mol. The van der Waals surface area contributed by atoms with Crippen LogP contribution in [0.1, 0.15) is 40.4 Å². The summed E-state index contributed by atoms with van der Waals surface area (Å²) in [6.45, 7) is 8.89. The quantitative estimate of drug-likeness (QED) is 0.840. The molecule has 0 unspecified atom stereocenters. The van der Waals surface area contributed by atoms with Crippen LogP contribution in [0.15, 0.2) is 22.8 Å². The Morgan fingerprint density at radius 2 is 2.05 bits per heavy atom. The van der Waals surface area contributed by atoms with Gasteiger partial charge < -0.3 is 9.15 Å². The second kappa shape index (κ2) is 5.35. The molecular formula is C14H20N2O3. The highest BCUT2D eigenvalue weighted by Crippen LogP contribution is 2.21. The van der Waals surface area contributed by atoms with E-state index < -0.39 is 17.2 Å². The topological polar surface area (TPSA) is 66.5 Å². The number of ether oxygens (including phenoxy) is 1. The highest BCUT2D eigenvalue weighted by molar-refractivity contribution is 5.69. The van der Waals surface area contributed by atoms with E-state index in [0.29, 0.717) is 5.76 Å². The van der Waals surface area contributed by atoms with Crippen molar-refractivity contribution < 1.29 is 13.9 Å². The van der Waals surface area contributed by atoms with E-state index in [-0.39, 0.29) is 6.54 Å². The monoisotopic (exact) mass is 264 g/mol. The third-order valence-electron chi connectivity index (χ3n) is 2.46. The van der Waals surface area contributed by atoms with Gasteiger partial charge in [-0.3, -0.25) is 4.90 Å². The Morgan fingerprint density at radius 1 is 1.42 bits per heavy atom. The average Bonchev–Trinajstić information content (AvgIpc) is 2.75. The van der Waals surface area contributed by atoms with Crippen LogP contribution < -0.4 is 0 Å². The zero-order valence-corrected chi connectivity index (χ0v) is 12.1. The molecule has 0 fully saturated rings. The summed E-state index contributed by atoms with van der Waals surface area (Å²) < 4.78 is 10.6. The first kappa shape index (κ1) is 15.1. The molecule has 0 radical (unpaired) electrons. The number of furan rings is 1. The summed E-state index contributed by atoms with van der Waals surface area (Å²) in [5.74, 6) is 0.606. The molecule has 0 spiro atoms. The third-order valence-corrected chi connectivity index (χ3v) is 2.46. The number of nitriles is 1. The van der Waals surface area contributed by atoms with Gasteiger partial charge >= 0.3 is 6.09 Å². The van der Waals surface area contributed by atoms with Gasteiger partial charge in [-0.25, -0.2) is 4.79 Å². The molecule has 5 heteroatoms. The number of carbonyl (C=O) groups is 1. The lowest BCUT2D eigenvalue weighted by atomic mass is 10.1. The molecule has 0 aliphatic carbocycles. The van der Waals surface area contributed by atoms with Gasteiger partial charge in [-0.1, -0.05) is 0 Å². The number of carbonyl (C=O) groups excluding carboxylic acids is 1. The zero-order valence-electron chi connectivity index (χ0n) is 12.1. The Labute approximate surface area is 113 Å². The highest BCUT2D eigenvalue weighted by atomic mass is 16.6. The minimum atomic E-state index is -0.977. The molecule has 1 aromatic rings. The molecule has 0 bridgehead atoms. The number of nitrogens with zero attached hydrogens (tertiary/aromatic N) is 2. The lowest BCUT2D eigenvalue weighted by molar-refractivity contribution is 0.00752. The molecule has 1 rings (SSSR count). The summed E-state index contributed by atoms with van der Waals surface area (Å²) in [5, 5.41) is 9.21. The van der Waals surface area contributed by atoms with E-state index in [0.717, 1.165) is 0 Å². The largest absolute Gasteiger partial charge is 0.467 e. The summed E-state index contributed by atoms with van der Waals surface area (Å²) in [7, 11) is 0. The fourth-order valence-corrected chi connectivity index (χ4v) is 1.43. The van der Waals surface area contributed by atoms with Crippen molar-refractivity contribution in [1.82, 2.24) is 4.90 Å². The van der Waals surface area contributed by atoms with Crippen LogP contribution in [0.4, 0.5) is 4.79 Å². The van der Waals surface area contributed by atoms with E-state index in [9.17, 15) is 10.1 Å². The van der Waals surface area contributed by atoms with Crippen LogP contribution in [-0.4, -0.2) is 22.1 Å².